The molecule has 2 rings (SSSR count). The molecular weight excluding hydrogens is 521 g/mol. The third-order valence-corrected chi connectivity index (χ3v) is 7.83. The number of hydrogen-bond acceptors (Lipinski definition) is 4. The van der Waals surface area contributed by atoms with Crippen LogP contribution < -0.4 is 9.62 Å². The first-order valence-corrected chi connectivity index (χ1v) is 14.5. The molecule has 2 aromatic rings. The van der Waals surface area contributed by atoms with Crippen LogP contribution in [0.1, 0.15) is 51.2 Å². The smallest absolute Gasteiger partial charge is 0.242 e. The Balaban J connectivity index is 2.22. The summed E-state index contributed by atoms with van der Waals surface area (Å²) in [6.45, 7) is 7.88. The summed E-state index contributed by atoms with van der Waals surface area (Å²) in [6, 6.07) is 11.6. The van der Waals surface area contributed by atoms with E-state index in [2.05, 4.69) is 5.32 Å². The molecule has 0 aliphatic carbocycles. The van der Waals surface area contributed by atoms with Crippen LogP contribution in [0.25, 0.3) is 0 Å². The van der Waals surface area contributed by atoms with Crippen LogP contribution in [0, 0.1) is 6.92 Å². The molecule has 0 bridgehead atoms. The molecular formula is C26H35Cl2N3O4S. The Kier molecular flexibility index (Phi) is 11.1. The summed E-state index contributed by atoms with van der Waals surface area (Å²) in [5.74, 6) is -0.467. The van der Waals surface area contributed by atoms with Gasteiger partial charge in [-0.1, -0.05) is 54.4 Å². The molecule has 0 heterocycles. The lowest BCUT2D eigenvalue weighted by Crippen LogP contribution is -2.49. The van der Waals surface area contributed by atoms with Gasteiger partial charge >= 0.3 is 0 Å². The standard InChI is InChI=1S/C26H35Cl2N3O4S/c1-6-19(3)29-26(33)20(4)30(17-21-11-8-7-10-18(21)2)25(32)12-9-15-31(36(5,34)35)24-16-22(27)13-14-23(24)28/h7-8,10-11,13-14,16,19-20H,6,9,12,15,17H2,1-5H3,(H,29,33)/t19-,20+/m1/s1. The Morgan fingerprint density at radius 1 is 1.08 bits per heavy atom. The Hall–Kier alpha value is -2.29. The van der Waals surface area contributed by atoms with E-state index in [1.54, 1.807) is 17.9 Å². The average molecular weight is 557 g/mol. The average Bonchev–Trinajstić information content (AvgIpc) is 2.81. The quantitative estimate of drug-likeness (QED) is 0.391. The van der Waals surface area contributed by atoms with Crippen LogP contribution in [0.15, 0.2) is 42.5 Å². The van der Waals surface area contributed by atoms with Crippen LogP contribution in [0.2, 0.25) is 10.0 Å². The molecule has 7 nitrogen and oxygen atoms in total. The number of halogens is 2. The first kappa shape index (κ1) is 29.9. The van der Waals surface area contributed by atoms with E-state index in [9.17, 15) is 18.0 Å². The normalized spacial score (nSPS) is 13.1. The number of anilines is 1. The summed E-state index contributed by atoms with van der Waals surface area (Å²) < 4.78 is 26.1. The molecule has 0 fully saturated rings. The minimum atomic E-state index is -3.67. The van der Waals surface area contributed by atoms with Gasteiger partial charge in [-0.2, -0.15) is 0 Å². The van der Waals surface area contributed by atoms with Crippen molar-refractivity contribution in [2.45, 2.75) is 65.6 Å². The topological polar surface area (TPSA) is 86.8 Å². The Bertz CT molecular complexity index is 1170. The lowest BCUT2D eigenvalue weighted by atomic mass is 10.1. The van der Waals surface area contributed by atoms with E-state index >= 15 is 0 Å². The highest BCUT2D eigenvalue weighted by Crippen LogP contribution is 2.31. The van der Waals surface area contributed by atoms with Gasteiger partial charge in [0.05, 0.1) is 17.0 Å². The van der Waals surface area contributed by atoms with E-state index in [1.807, 2.05) is 45.0 Å². The van der Waals surface area contributed by atoms with Gasteiger partial charge in [-0.05, 0) is 62.9 Å². The molecule has 0 radical (unpaired) electrons. The van der Waals surface area contributed by atoms with E-state index in [0.29, 0.717) is 5.02 Å². The Morgan fingerprint density at radius 3 is 2.36 bits per heavy atom. The van der Waals surface area contributed by atoms with Gasteiger partial charge in [0.2, 0.25) is 21.8 Å². The zero-order valence-corrected chi connectivity index (χ0v) is 23.8. The van der Waals surface area contributed by atoms with Gasteiger partial charge in [0, 0.05) is 30.6 Å². The number of nitrogens with one attached hydrogen (secondary N) is 1. The molecule has 198 valence electrons. The van der Waals surface area contributed by atoms with Crippen LogP contribution in [0.3, 0.4) is 0 Å². The van der Waals surface area contributed by atoms with E-state index in [4.69, 9.17) is 23.2 Å². The molecule has 10 heteroatoms. The van der Waals surface area contributed by atoms with Crippen LogP contribution in [0.5, 0.6) is 0 Å². The van der Waals surface area contributed by atoms with E-state index in [-0.39, 0.29) is 54.5 Å². The van der Waals surface area contributed by atoms with Gasteiger partial charge in [-0.25, -0.2) is 8.42 Å². The zero-order valence-electron chi connectivity index (χ0n) is 21.4. The SMILES string of the molecule is CC[C@@H](C)NC(=O)[C@H](C)N(Cc1ccccc1C)C(=O)CCCN(c1cc(Cl)ccc1Cl)S(C)(=O)=O. The van der Waals surface area contributed by atoms with Crippen molar-refractivity contribution in [1.29, 1.82) is 0 Å². The predicted molar refractivity (Wildman–Crippen MR) is 147 cm³/mol. The maximum absolute atomic E-state index is 13.4. The van der Waals surface area contributed by atoms with Crippen molar-refractivity contribution in [1.82, 2.24) is 10.2 Å². The van der Waals surface area contributed by atoms with Gasteiger partial charge in [-0.3, -0.25) is 13.9 Å². The summed E-state index contributed by atoms with van der Waals surface area (Å²) >= 11 is 12.3. The summed E-state index contributed by atoms with van der Waals surface area (Å²) in [5, 5.41) is 3.54. The van der Waals surface area contributed by atoms with Crippen LogP contribution in [-0.4, -0.2) is 50.0 Å². The molecule has 0 aromatic heterocycles. The largest absolute Gasteiger partial charge is 0.352 e. The number of amides is 2. The molecule has 2 aromatic carbocycles. The maximum atomic E-state index is 13.4. The lowest BCUT2D eigenvalue weighted by molar-refractivity contribution is -0.140. The van der Waals surface area contributed by atoms with Crippen molar-refractivity contribution in [3.05, 3.63) is 63.6 Å². The second kappa shape index (κ2) is 13.3. The molecule has 0 saturated heterocycles. The third-order valence-electron chi connectivity index (χ3n) is 6.10. The van der Waals surface area contributed by atoms with Gasteiger partial charge in [-0.15, -0.1) is 0 Å². The fraction of sp³-hybridized carbons (Fsp3) is 0.462. The third kappa shape index (κ3) is 8.39. The Labute approximate surface area is 224 Å². The van der Waals surface area contributed by atoms with E-state index in [0.717, 1.165) is 28.1 Å². The van der Waals surface area contributed by atoms with Crippen LogP contribution in [-0.2, 0) is 26.2 Å². The minimum absolute atomic E-state index is 0.0128. The molecule has 1 N–H and O–H groups in total. The molecule has 0 aliphatic heterocycles. The number of carbonyl (C=O) groups excluding carboxylic acids is 2. The van der Waals surface area contributed by atoms with E-state index in [1.165, 1.54) is 12.1 Å². The molecule has 36 heavy (non-hydrogen) atoms. The zero-order chi connectivity index (χ0) is 27.0. The molecule has 0 saturated carbocycles. The number of rotatable bonds is 12. The van der Waals surface area contributed by atoms with Crippen molar-refractivity contribution in [2.24, 2.45) is 0 Å². The second-order valence-corrected chi connectivity index (χ2v) is 11.7. The number of benzene rings is 2. The lowest BCUT2D eigenvalue weighted by Gasteiger charge is -2.30. The number of aryl methyl sites for hydroxylation is 1. The summed E-state index contributed by atoms with van der Waals surface area (Å²) in [7, 11) is -3.67. The fourth-order valence-corrected chi connectivity index (χ4v) is 5.08. The van der Waals surface area contributed by atoms with Gasteiger partial charge in [0.1, 0.15) is 6.04 Å². The number of carbonyl (C=O) groups is 2. The Morgan fingerprint density at radius 2 is 1.75 bits per heavy atom. The molecule has 0 aliphatic rings. The monoisotopic (exact) mass is 555 g/mol. The van der Waals surface area contributed by atoms with Gasteiger partial charge in [0.15, 0.2) is 0 Å². The first-order chi connectivity index (χ1) is 16.8. The maximum Gasteiger partial charge on any atom is 0.242 e. The number of hydrogen-bond donors (Lipinski definition) is 1. The molecule has 2 atom stereocenters. The van der Waals surface area contributed by atoms with Gasteiger partial charge < -0.3 is 10.2 Å². The van der Waals surface area contributed by atoms with Crippen molar-refractivity contribution in [3.8, 4) is 0 Å². The van der Waals surface area contributed by atoms with Crippen molar-refractivity contribution >= 4 is 50.7 Å². The van der Waals surface area contributed by atoms with Crippen LogP contribution >= 0.6 is 23.2 Å². The summed E-state index contributed by atoms with van der Waals surface area (Å²) in [6.07, 6.45) is 2.14. The highest BCUT2D eigenvalue weighted by atomic mass is 35.5. The molecule has 2 amide bonds. The van der Waals surface area contributed by atoms with Crippen molar-refractivity contribution < 1.29 is 18.0 Å². The summed E-state index contributed by atoms with van der Waals surface area (Å²) in [5.41, 5.74) is 2.22. The second-order valence-electron chi connectivity index (χ2n) is 8.98. The fourth-order valence-electron chi connectivity index (χ4n) is 3.68. The highest BCUT2D eigenvalue weighted by molar-refractivity contribution is 7.92. The number of nitrogens with zero attached hydrogens (tertiary/aromatic N) is 2. The molecule has 0 unspecified atom stereocenters. The van der Waals surface area contributed by atoms with E-state index < -0.39 is 16.1 Å². The van der Waals surface area contributed by atoms with Gasteiger partial charge in [0.25, 0.3) is 0 Å². The van der Waals surface area contributed by atoms with Crippen molar-refractivity contribution in [2.75, 3.05) is 17.1 Å². The van der Waals surface area contributed by atoms with Crippen LogP contribution in [0.4, 0.5) is 5.69 Å². The number of sulfonamides is 1. The first-order valence-electron chi connectivity index (χ1n) is 11.9. The predicted octanol–water partition coefficient (Wildman–Crippen LogP) is 5.18. The summed E-state index contributed by atoms with van der Waals surface area (Å²) in [4.78, 5) is 27.8. The minimum Gasteiger partial charge on any atom is -0.352 e. The highest BCUT2D eigenvalue weighted by Gasteiger charge is 2.28. The molecule has 0 spiro atoms. The van der Waals surface area contributed by atoms with Crippen molar-refractivity contribution in [3.63, 3.8) is 0 Å².